The van der Waals surface area contributed by atoms with Gasteiger partial charge in [0.15, 0.2) is 11.5 Å². The van der Waals surface area contributed by atoms with Crippen LogP contribution in [0.15, 0.2) is 17.5 Å². The zero-order chi connectivity index (χ0) is 9.41. The Hall–Kier alpha value is 0.787. The van der Waals surface area contributed by atoms with E-state index in [1.807, 2.05) is 17.5 Å². The molecule has 0 aliphatic carbocycles. The molecule has 0 amide bonds. The summed E-state index contributed by atoms with van der Waals surface area (Å²) in [4.78, 5) is 0. The molecule has 68 valence electrons. The van der Waals surface area contributed by atoms with E-state index < -0.39 is 11.5 Å². The maximum Gasteiger partial charge on any atom is 0.181 e. The van der Waals surface area contributed by atoms with E-state index in [1.165, 1.54) is 4.50 Å². The molecule has 0 aliphatic heterocycles. The summed E-state index contributed by atoms with van der Waals surface area (Å²) in [5.74, 6) is 0. The molecule has 12 heavy (non-hydrogen) atoms. The lowest BCUT2D eigenvalue weighted by Crippen LogP contribution is -2.52. The van der Waals surface area contributed by atoms with Gasteiger partial charge in [0.25, 0.3) is 0 Å². The Bertz CT molecular complexity index is 250. The molecule has 0 saturated carbocycles. The molecule has 0 fully saturated rings. The van der Waals surface area contributed by atoms with Crippen molar-refractivity contribution in [1.29, 1.82) is 0 Å². The fourth-order valence-corrected chi connectivity index (χ4v) is 5.29. The number of rotatable bonds is 1. The van der Waals surface area contributed by atoms with Crippen molar-refractivity contribution in [3.63, 3.8) is 0 Å². The topological polar surface area (TPSA) is 0 Å². The van der Waals surface area contributed by atoms with E-state index in [-0.39, 0.29) is 0 Å². The monoisotopic (exact) mass is 258 g/mol. The number of hydrogen-bond donors (Lipinski definition) is 0. The standard InChI is InChI=1S/C7H9Cl3SSi/c1-12(2,7(8,9)10)6-4-3-5-11-6/h3-5H,1-2H3. The predicted molar refractivity (Wildman–Crippen MR) is 61.7 cm³/mol. The first-order valence-electron chi connectivity index (χ1n) is 3.46. The van der Waals surface area contributed by atoms with Crippen molar-refractivity contribution in [1.82, 2.24) is 0 Å². The minimum Gasteiger partial charge on any atom is -0.153 e. The minimum atomic E-state index is -1.91. The van der Waals surface area contributed by atoms with Crippen LogP contribution in [0.5, 0.6) is 0 Å². The van der Waals surface area contributed by atoms with Crippen LogP contribution in [-0.2, 0) is 0 Å². The maximum absolute atomic E-state index is 5.92. The van der Waals surface area contributed by atoms with Crippen molar-refractivity contribution >= 4 is 58.7 Å². The van der Waals surface area contributed by atoms with Gasteiger partial charge < -0.3 is 0 Å². The van der Waals surface area contributed by atoms with Crippen LogP contribution < -0.4 is 4.50 Å². The molecule has 0 saturated heterocycles. The van der Waals surface area contributed by atoms with Gasteiger partial charge >= 0.3 is 0 Å². The predicted octanol–water partition coefficient (Wildman–Crippen LogP) is 3.57. The third-order valence-corrected chi connectivity index (χ3v) is 11.5. The van der Waals surface area contributed by atoms with E-state index in [0.717, 1.165) is 0 Å². The SMILES string of the molecule is C[Si](C)(c1cccs1)C(Cl)(Cl)Cl. The molecule has 5 heteroatoms. The average molecular weight is 260 g/mol. The first kappa shape index (κ1) is 10.9. The maximum atomic E-state index is 5.92. The second-order valence-corrected chi connectivity index (χ2v) is 12.2. The number of thiophene rings is 1. The molecule has 0 atom stereocenters. The molecule has 0 unspecified atom stereocenters. The van der Waals surface area contributed by atoms with Crippen LogP contribution in [0.3, 0.4) is 0 Å². The number of hydrogen-bond acceptors (Lipinski definition) is 1. The van der Waals surface area contributed by atoms with E-state index in [0.29, 0.717) is 0 Å². The summed E-state index contributed by atoms with van der Waals surface area (Å²) in [6.45, 7) is 4.12. The molecule has 1 aromatic rings. The highest BCUT2D eigenvalue weighted by molar-refractivity contribution is 7.29. The summed E-state index contributed by atoms with van der Waals surface area (Å²) in [6, 6.07) is 4.03. The molecule has 0 nitrogen and oxygen atoms in total. The van der Waals surface area contributed by atoms with Gasteiger partial charge in [-0.05, 0) is 9.88 Å². The fraction of sp³-hybridized carbons (Fsp3) is 0.429. The third-order valence-electron chi connectivity index (χ3n) is 1.85. The van der Waals surface area contributed by atoms with Gasteiger partial charge in [-0.25, -0.2) is 0 Å². The summed E-state index contributed by atoms with van der Waals surface area (Å²) < 4.78 is 0.111. The quantitative estimate of drug-likeness (QED) is 0.534. The second kappa shape index (κ2) is 3.50. The van der Waals surface area contributed by atoms with Crippen molar-refractivity contribution in [2.45, 2.75) is 16.5 Å². The van der Waals surface area contributed by atoms with Crippen molar-refractivity contribution in [3.8, 4) is 0 Å². The highest BCUT2D eigenvalue weighted by Crippen LogP contribution is 2.36. The number of alkyl halides is 3. The zero-order valence-electron chi connectivity index (χ0n) is 6.77. The summed E-state index contributed by atoms with van der Waals surface area (Å²) in [6.07, 6.45) is 0. The second-order valence-electron chi connectivity index (χ2n) is 3.10. The first-order valence-corrected chi connectivity index (χ1v) is 8.48. The molecule has 0 radical (unpaired) electrons. The van der Waals surface area contributed by atoms with Crippen LogP contribution in [0.25, 0.3) is 0 Å². The molecule has 1 aromatic heterocycles. The van der Waals surface area contributed by atoms with Crippen LogP contribution in [0, 0.1) is 0 Å². The molecular weight excluding hydrogens is 251 g/mol. The van der Waals surface area contributed by atoms with Crippen molar-refractivity contribution in [3.05, 3.63) is 17.5 Å². The van der Waals surface area contributed by atoms with Gasteiger partial charge in [-0.2, -0.15) is 11.3 Å². The van der Waals surface area contributed by atoms with Crippen molar-refractivity contribution in [2.24, 2.45) is 0 Å². The average Bonchev–Trinajstić information content (AvgIpc) is 2.34. The van der Waals surface area contributed by atoms with Gasteiger partial charge in [0, 0.05) is 0 Å². The van der Waals surface area contributed by atoms with Crippen LogP contribution in [0.1, 0.15) is 0 Å². The molecule has 1 rings (SSSR count). The van der Waals surface area contributed by atoms with Crippen molar-refractivity contribution in [2.75, 3.05) is 0 Å². The Morgan fingerprint density at radius 2 is 1.92 bits per heavy atom. The first-order chi connectivity index (χ1) is 5.36. The molecular formula is C7H9Cl3SSi. The minimum absolute atomic E-state index is 1.11. The normalized spacial score (nSPS) is 13.4. The van der Waals surface area contributed by atoms with Crippen LogP contribution in [0.2, 0.25) is 13.1 Å². The van der Waals surface area contributed by atoms with Crippen molar-refractivity contribution < 1.29 is 0 Å². The largest absolute Gasteiger partial charge is 0.181 e. The lowest BCUT2D eigenvalue weighted by Gasteiger charge is -2.28. The Morgan fingerprint density at radius 1 is 1.33 bits per heavy atom. The Morgan fingerprint density at radius 3 is 2.25 bits per heavy atom. The molecule has 0 aliphatic rings. The molecule has 1 heterocycles. The Kier molecular flexibility index (Phi) is 3.17. The number of halogens is 3. The molecule has 0 bridgehead atoms. The highest BCUT2D eigenvalue weighted by atomic mass is 35.6. The highest BCUT2D eigenvalue weighted by Gasteiger charge is 2.44. The van der Waals surface area contributed by atoms with Gasteiger partial charge in [0.1, 0.15) is 0 Å². The van der Waals surface area contributed by atoms with Gasteiger partial charge in [0.05, 0.1) is 0 Å². The van der Waals surface area contributed by atoms with E-state index in [9.17, 15) is 0 Å². The van der Waals surface area contributed by atoms with Gasteiger partial charge in [-0.1, -0.05) is 60.0 Å². The smallest absolute Gasteiger partial charge is 0.153 e. The fourth-order valence-electron chi connectivity index (χ4n) is 0.774. The van der Waals surface area contributed by atoms with Gasteiger partial charge in [0.2, 0.25) is 0 Å². The molecule has 0 spiro atoms. The molecule has 0 N–H and O–H groups in total. The summed E-state index contributed by atoms with van der Waals surface area (Å²) in [7, 11) is -1.91. The summed E-state index contributed by atoms with van der Waals surface area (Å²) in [5.41, 5.74) is 0. The van der Waals surface area contributed by atoms with Crippen LogP contribution in [0.4, 0.5) is 0 Å². The summed E-state index contributed by atoms with van der Waals surface area (Å²) >= 11 is 19.4. The van der Waals surface area contributed by atoms with Gasteiger partial charge in [-0.15, -0.1) is 0 Å². The Labute approximate surface area is 92.5 Å². The Balaban J connectivity index is 3.02. The lowest BCUT2D eigenvalue weighted by atomic mass is 10.7. The molecule has 0 aromatic carbocycles. The van der Waals surface area contributed by atoms with E-state index in [1.54, 1.807) is 11.3 Å². The summed E-state index contributed by atoms with van der Waals surface area (Å²) in [5, 5.41) is 2.01. The van der Waals surface area contributed by atoms with Crippen LogP contribution >= 0.6 is 46.1 Å². The van der Waals surface area contributed by atoms with E-state index in [2.05, 4.69) is 13.1 Å². The zero-order valence-corrected chi connectivity index (χ0v) is 10.9. The lowest BCUT2D eigenvalue weighted by molar-refractivity contribution is 1.53. The van der Waals surface area contributed by atoms with Crippen LogP contribution in [-0.4, -0.2) is 11.5 Å². The van der Waals surface area contributed by atoms with E-state index >= 15 is 0 Å². The third kappa shape index (κ3) is 1.99. The van der Waals surface area contributed by atoms with E-state index in [4.69, 9.17) is 34.8 Å². The van der Waals surface area contributed by atoms with Gasteiger partial charge in [-0.3, -0.25) is 0 Å².